The van der Waals surface area contributed by atoms with Crippen LogP contribution in [0.4, 0.5) is 0 Å². The summed E-state index contributed by atoms with van der Waals surface area (Å²) in [5, 5.41) is 13.9. The molecule has 3 unspecified atom stereocenters. The van der Waals surface area contributed by atoms with Gasteiger partial charge in [-0.05, 0) is 58.8 Å². The predicted octanol–water partition coefficient (Wildman–Crippen LogP) is 1.65. The Morgan fingerprint density at radius 2 is 1.22 bits per heavy atom. The molecular formula is C44H81Cl2N2O11-. The minimum absolute atomic E-state index is 0. The average Bonchev–Trinajstić information content (AvgIpc) is 3.12. The minimum Gasteiger partial charge on any atom is -1.00 e. The number of carbonyl (C=O) groups is 5. The first-order valence-corrected chi connectivity index (χ1v) is 21.8. The molecule has 0 aromatic carbocycles. The summed E-state index contributed by atoms with van der Waals surface area (Å²) in [5.41, 5.74) is -0.627. The van der Waals surface area contributed by atoms with E-state index in [0.717, 1.165) is 70.6 Å². The summed E-state index contributed by atoms with van der Waals surface area (Å²) < 4.78 is 27.4. The van der Waals surface area contributed by atoms with Gasteiger partial charge >= 0.3 is 29.8 Å². The Morgan fingerprint density at radius 1 is 0.678 bits per heavy atom. The maximum atomic E-state index is 12.8. The van der Waals surface area contributed by atoms with Crippen LogP contribution in [0, 0.1) is 0 Å². The molecule has 59 heavy (non-hydrogen) atoms. The van der Waals surface area contributed by atoms with Gasteiger partial charge in [0.25, 0.3) is 0 Å². The molecule has 348 valence electrons. The summed E-state index contributed by atoms with van der Waals surface area (Å²) in [7, 11) is 3.75. The molecule has 0 amide bonds. The number of carbonyl (C=O) groups excluding carboxylic acids is 5. The van der Waals surface area contributed by atoms with Crippen molar-refractivity contribution in [2.75, 3.05) is 46.9 Å². The highest BCUT2D eigenvalue weighted by molar-refractivity contribution is 5.73. The number of aliphatic hydroxyl groups excluding tert-OH is 1. The Kier molecular flexibility index (Phi) is 38.5. The Hall–Kier alpha value is -2.45. The summed E-state index contributed by atoms with van der Waals surface area (Å²) in [5.74, 6) is -2.04. The normalized spacial score (nSPS) is 13.0. The molecule has 0 spiro atoms. The first-order chi connectivity index (χ1) is 27.0. The van der Waals surface area contributed by atoms with E-state index >= 15 is 0 Å². The van der Waals surface area contributed by atoms with Crippen molar-refractivity contribution in [1.82, 2.24) is 5.32 Å². The molecule has 0 aliphatic carbocycles. The average molecular weight is 885 g/mol. The smallest absolute Gasteiger partial charge is 0.362 e. The van der Waals surface area contributed by atoms with Gasteiger partial charge < -0.3 is 58.1 Å². The van der Waals surface area contributed by atoms with Crippen LogP contribution in [0.5, 0.6) is 0 Å². The number of hydrogen-bond acceptors (Lipinski definition) is 12. The van der Waals surface area contributed by atoms with Gasteiger partial charge in [-0.15, -0.1) is 0 Å². The summed E-state index contributed by atoms with van der Waals surface area (Å²) in [6.45, 7) is 11.4. The maximum absolute atomic E-state index is 12.8. The number of quaternary nitrogens is 1. The van der Waals surface area contributed by atoms with Crippen molar-refractivity contribution in [3.05, 3.63) is 12.2 Å². The Balaban J connectivity index is -0.0000157. The number of ether oxygens (including phenoxy) is 5. The van der Waals surface area contributed by atoms with Gasteiger partial charge in [0, 0.05) is 32.2 Å². The molecule has 0 aliphatic heterocycles. The van der Waals surface area contributed by atoms with E-state index in [1.807, 2.05) is 34.0 Å². The molecule has 0 saturated heterocycles. The standard InChI is InChI=1S/C44H81N2O11.2ClH/c1-9-11-13-14-17-22-26-30-43(57-41(51)33-45-44(5,6)35-54-37(4)48)56-40(50)29-25-21-19-16-15-18-20-24-27-38(49)39(28-23-12-10-2)55-42(52)34-46(7,8)31-32-53-36(3)47;;/h20,24,38-39,43,45,49H,9-19,21-23,25-35H2,1-8H3;2*1H/q+1;;/p-2. The number of unbranched alkanes of at least 4 members (excludes halogenated alkanes) is 13. The lowest BCUT2D eigenvalue weighted by atomic mass is 10.0. The van der Waals surface area contributed by atoms with Crippen LogP contribution in [0.2, 0.25) is 0 Å². The zero-order chi connectivity index (χ0) is 43.0. The summed E-state index contributed by atoms with van der Waals surface area (Å²) in [6, 6.07) is 0. The van der Waals surface area contributed by atoms with Gasteiger partial charge in [0.05, 0.1) is 26.7 Å². The maximum Gasteiger partial charge on any atom is 0.362 e. The number of nitrogens with one attached hydrogen (secondary N) is 1. The van der Waals surface area contributed by atoms with Crippen molar-refractivity contribution in [2.24, 2.45) is 0 Å². The molecule has 15 heteroatoms. The SMILES string of the molecule is CCCCCCCCCC(OC(=O)CCCCCCCC=CCC(O)C(CCCCC)OC(=O)C[N+](C)(C)CCOC(C)=O)OC(=O)CNC(C)(C)COC(C)=O.[Cl-].[Cl-]. The molecule has 0 aromatic rings. The fraction of sp³-hybridized carbons (Fsp3) is 0.841. The number of nitrogens with zero attached hydrogens (tertiary/aromatic N) is 1. The van der Waals surface area contributed by atoms with Crippen LogP contribution in [0.15, 0.2) is 12.2 Å². The highest BCUT2D eigenvalue weighted by Crippen LogP contribution is 2.17. The lowest BCUT2D eigenvalue weighted by molar-refractivity contribution is -0.883. The van der Waals surface area contributed by atoms with E-state index in [1.165, 1.54) is 39.5 Å². The van der Waals surface area contributed by atoms with Crippen LogP contribution in [-0.4, -0.2) is 110 Å². The van der Waals surface area contributed by atoms with Gasteiger partial charge in [-0.1, -0.05) is 96.6 Å². The molecular weight excluding hydrogens is 803 g/mol. The number of aliphatic hydroxyl groups is 1. The second-order valence-corrected chi connectivity index (χ2v) is 16.6. The third-order valence-electron chi connectivity index (χ3n) is 9.58. The Morgan fingerprint density at radius 3 is 1.85 bits per heavy atom. The first kappa shape index (κ1) is 60.9. The fourth-order valence-electron chi connectivity index (χ4n) is 6.01. The van der Waals surface area contributed by atoms with Gasteiger partial charge in [-0.25, -0.2) is 4.79 Å². The molecule has 0 aliphatic rings. The number of hydrogen-bond donors (Lipinski definition) is 2. The van der Waals surface area contributed by atoms with Crippen molar-refractivity contribution in [3.8, 4) is 0 Å². The Labute approximate surface area is 369 Å². The lowest BCUT2D eigenvalue weighted by Gasteiger charge is -2.30. The predicted molar refractivity (Wildman–Crippen MR) is 222 cm³/mol. The molecule has 13 nitrogen and oxygen atoms in total. The van der Waals surface area contributed by atoms with E-state index in [4.69, 9.17) is 23.7 Å². The molecule has 0 radical (unpaired) electrons. The zero-order valence-electron chi connectivity index (χ0n) is 37.8. The number of likely N-dealkylation sites (N-methyl/N-ethyl adjacent to an activating group) is 1. The number of halogens is 2. The van der Waals surface area contributed by atoms with Gasteiger partial charge in [0.1, 0.15) is 25.9 Å². The van der Waals surface area contributed by atoms with Crippen molar-refractivity contribution < 1.29 is 82.1 Å². The molecule has 0 heterocycles. The van der Waals surface area contributed by atoms with Crippen LogP contribution < -0.4 is 30.1 Å². The summed E-state index contributed by atoms with van der Waals surface area (Å²) >= 11 is 0. The van der Waals surface area contributed by atoms with E-state index in [1.54, 1.807) is 0 Å². The topological polar surface area (TPSA) is 164 Å². The van der Waals surface area contributed by atoms with Crippen molar-refractivity contribution in [3.63, 3.8) is 0 Å². The van der Waals surface area contributed by atoms with Gasteiger partial charge in [-0.3, -0.25) is 24.5 Å². The third kappa shape index (κ3) is 38.2. The summed E-state index contributed by atoms with van der Waals surface area (Å²) in [6.07, 6.45) is 19.4. The third-order valence-corrected chi connectivity index (χ3v) is 9.58. The molecule has 0 aromatic heterocycles. The van der Waals surface area contributed by atoms with Gasteiger partial charge in [-0.2, -0.15) is 0 Å². The lowest BCUT2D eigenvalue weighted by Crippen LogP contribution is -3.00. The molecule has 0 saturated carbocycles. The zero-order valence-corrected chi connectivity index (χ0v) is 39.3. The summed E-state index contributed by atoms with van der Waals surface area (Å²) in [4.78, 5) is 60.4. The van der Waals surface area contributed by atoms with Gasteiger partial charge in [0.2, 0.25) is 6.29 Å². The minimum atomic E-state index is -0.931. The van der Waals surface area contributed by atoms with E-state index in [9.17, 15) is 29.1 Å². The largest absolute Gasteiger partial charge is 1.00 e. The molecule has 2 N–H and O–H groups in total. The molecule has 3 atom stereocenters. The highest BCUT2D eigenvalue weighted by Gasteiger charge is 2.28. The van der Waals surface area contributed by atoms with Crippen LogP contribution in [-0.2, 0) is 47.7 Å². The van der Waals surface area contributed by atoms with Crippen molar-refractivity contribution in [2.45, 2.75) is 194 Å². The number of allylic oxidation sites excluding steroid dienone is 1. The second kappa shape index (κ2) is 37.3. The first-order valence-electron chi connectivity index (χ1n) is 21.8. The highest BCUT2D eigenvalue weighted by atomic mass is 35.5. The van der Waals surface area contributed by atoms with E-state index in [2.05, 4.69) is 25.2 Å². The van der Waals surface area contributed by atoms with Crippen molar-refractivity contribution in [1.29, 1.82) is 0 Å². The van der Waals surface area contributed by atoms with Crippen molar-refractivity contribution >= 4 is 29.8 Å². The fourth-order valence-corrected chi connectivity index (χ4v) is 6.01. The molecule has 0 fully saturated rings. The van der Waals surface area contributed by atoms with Crippen LogP contribution in [0.3, 0.4) is 0 Å². The van der Waals surface area contributed by atoms with Crippen LogP contribution in [0.25, 0.3) is 0 Å². The van der Waals surface area contributed by atoms with E-state index in [0.29, 0.717) is 36.7 Å². The molecule has 0 rings (SSSR count). The van der Waals surface area contributed by atoms with E-state index in [-0.39, 0.29) is 75.4 Å². The van der Waals surface area contributed by atoms with Crippen LogP contribution >= 0.6 is 0 Å². The number of rotatable bonds is 36. The number of esters is 5. The molecule has 0 bridgehead atoms. The van der Waals surface area contributed by atoms with Gasteiger partial charge in [0.15, 0.2) is 6.54 Å². The quantitative estimate of drug-likeness (QED) is 0.0234. The van der Waals surface area contributed by atoms with Crippen LogP contribution in [0.1, 0.15) is 170 Å². The van der Waals surface area contributed by atoms with E-state index < -0.39 is 36.0 Å². The Bertz CT molecular complexity index is 1150. The monoisotopic (exact) mass is 884 g/mol. The second-order valence-electron chi connectivity index (χ2n) is 16.6.